The van der Waals surface area contributed by atoms with Crippen LogP contribution in [0.25, 0.3) is 0 Å². The smallest absolute Gasteiger partial charge is 0.173 e. The highest BCUT2D eigenvalue weighted by molar-refractivity contribution is 5.91. The van der Waals surface area contributed by atoms with Gasteiger partial charge in [0, 0.05) is 12.3 Å². The van der Waals surface area contributed by atoms with Crippen LogP contribution < -0.4 is 0 Å². The van der Waals surface area contributed by atoms with Crippen molar-refractivity contribution in [2.45, 2.75) is 65.2 Å². The molecule has 0 N–H and O–H groups in total. The Bertz CT molecular complexity index is 660. The van der Waals surface area contributed by atoms with Crippen LogP contribution in [0.15, 0.2) is 24.0 Å². The maximum atomic E-state index is 12.7. The van der Waals surface area contributed by atoms with Gasteiger partial charge in [-0.1, -0.05) is 19.1 Å². The fourth-order valence-corrected chi connectivity index (χ4v) is 6.92. The third-order valence-corrected chi connectivity index (χ3v) is 8.15. The number of carbonyl (C=O) groups is 2. The molecule has 6 atom stereocenters. The molecule has 0 aromatic carbocycles. The summed E-state index contributed by atoms with van der Waals surface area (Å²) in [6.07, 6.45) is 10.7. The number of hydrogen-bond donors (Lipinski definition) is 0. The van der Waals surface area contributed by atoms with Gasteiger partial charge in [0.25, 0.3) is 0 Å². The van der Waals surface area contributed by atoms with Gasteiger partial charge in [0.05, 0.1) is 5.76 Å². The minimum absolute atomic E-state index is 0.193. The van der Waals surface area contributed by atoms with E-state index in [1.807, 2.05) is 6.08 Å². The van der Waals surface area contributed by atoms with Gasteiger partial charge in [-0.2, -0.15) is 0 Å². The lowest BCUT2D eigenvalue weighted by Crippen LogP contribution is -2.47. The van der Waals surface area contributed by atoms with Crippen LogP contribution in [0.2, 0.25) is 0 Å². The number of Topliss-reactive ketones (excluding diaryl/α,β-unsaturated/α-hetero) is 1. The Labute approximate surface area is 157 Å². The monoisotopic (exact) mass is 356 g/mol. The van der Waals surface area contributed by atoms with E-state index in [1.165, 1.54) is 31.3 Å². The maximum Gasteiger partial charge on any atom is 0.173 e. The van der Waals surface area contributed by atoms with E-state index in [1.54, 1.807) is 6.92 Å². The fraction of sp³-hybridized carbons (Fsp3) is 0.739. The molecule has 6 unspecified atom stereocenters. The first kappa shape index (κ1) is 18.0. The van der Waals surface area contributed by atoms with Gasteiger partial charge in [-0.15, -0.1) is 0 Å². The molecule has 4 aliphatic carbocycles. The molecule has 4 aliphatic rings. The number of allylic oxidation sites excluding steroid dienone is 2. The van der Waals surface area contributed by atoms with Crippen LogP contribution in [-0.4, -0.2) is 18.2 Å². The summed E-state index contributed by atoms with van der Waals surface area (Å²) in [5.41, 5.74) is 1.65. The second-order valence-electron chi connectivity index (χ2n) is 9.41. The van der Waals surface area contributed by atoms with Crippen molar-refractivity contribution >= 4 is 11.6 Å². The Kier molecular flexibility index (Phi) is 4.61. The minimum atomic E-state index is 0.193. The highest BCUT2D eigenvalue weighted by Gasteiger charge is 2.55. The van der Waals surface area contributed by atoms with Gasteiger partial charge in [0.15, 0.2) is 11.6 Å². The third-order valence-electron chi connectivity index (χ3n) is 8.15. The number of ketones is 2. The summed E-state index contributed by atoms with van der Waals surface area (Å²) in [4.78, 5) is 24.6. The van der Waals surface area contributed by atoms with Crippen LogP contribution in [0.1, 0.15) is 65.2 Å². The van der Waals surface area contributed by atoms with Crippen molar-refractivity contribution in [2.24, 2.45) is 35.0 Å². The average molecular weight is 357 g/mol. The van der Waals surface area contributed by atoms with Gasteiger partial charge >= 0.3 is 0 Å². The van der Waals surface area contributed by atoms with Crippen LogP contribution >= 0.6 is 0 Å². The van der Waals surface area contributed by atoms with E-state index in [2.05, 4.69) is 13.5 Å². The molecule has 0 aliphatic heterocycles. The van der Waals surface area contributed by atoms with E-state index < -0.39 is 0 Å². The van der Waals surface area contributed by atoms with Crippen LogP contribution in [0.4, 0.5) is 0 Å². The lowest BCUT2D eigenvalue weighted by Gasteiger charge is -2.55. The summed E-state index contributed by atoms with van der Waals surface area (Å²) < 4.78 is 5.42. The van der Waals surface area contributed by atoms with Crippen LogP contribution in [0, 0.1) is 35.0 Å². The molecule has 0 aromatic rings. The largest absolute Gasteiger partial charge is 0.491 e. The van der Waals surface area contributed by atoms with E-state index in [-0.39, 0.29) is 23.7 Å². The molecule has 0 amide bonds. The van der Waals surface area contributed by atoms with Crippen molar-refractivity contribution in [3.8, 4) is 0 Å². The molecule has 3 saturated carbocycles. The summed E-state index contributed by atoms with van der Waals surface area (Å²) in [5.74, 6) is 4.13. The molecule has 3 fully saturated rings. The number of fused-ring (bicyclic) bond motifs is 5. The second kappa shape index (κ2) is 6.65. The lowest BCUT2D eigenvalue weighted by molar-refractivity contribution is -0.129. The highest BCUT2D eigenvalue weighted by atomic mass is 16.5. The molecular weight excluding hydrogens is 324 g/mol. The summed E-state index contributed by atoms with van der Waals surface area (Å²) >= 11 is 0. The molecule has 0 bridgehead atoms. The standard InChI is InChI=1S/C23H32O3/c1-14(2)26-13-22(25)20-7-6-17-18(20)8-9-21-19(17)5-4-15-12-16(24)10-11-23(15,21)3/h12,17-21H,1,4-11,13H2,2-3H3. The first-order valence-corrected chi connectivity index (χ1v) is 10.4. The fourth-order valence-electron chi connectivity index (χ4n) is 6.92. The lowest BCUT2D eigenvalue weighted by atomic mass is 9.49. The topological polar surface area (TPSA) is 43.4 Å². The average Bonchev–Trinajstić information content (AvgIpc) is 3.04. The van der Waals surface area contributed by atoms with Crippen molar-refractivity contribution in [1.82, 2.24) is 0 Å². The zero-order valence-electron chi connectivity index (χ0n) is 16.3. The van der Waals surface area contributed by atoms with Crippen molar-refractivity contribution < 1.29 is 14.3 Å². The summed E-state index contributed by atoms with van der Waals surface area (Å²) in [6.45, 7) is 8.16. The summed E-state index contributed by atoms with van der Waals surface area (Å²) in [6, 6.07) is 0. The van der Waals surface area contributed by atoms with E-state index >= 15 is 0 Å². The van der Waals surface area contributed by atoms with Crippen molar-refractivity contribution in [2.75, 3.05) is 6.61 Å². The van der Waals surface area contributed by atoms with Crippen molar-refractivity contribution in [3.05, 3.63) is 24.0 Å². The SMILES string of the molecule is C=C(C)OCC(=O)C1CCC2C1CCC1C2CCC2=CC(=O)CCC21C. The van der Waals surface area contributed by atoms with Gasteiger partial charge in [0.2, 0.25) is 0 Å². The van der Waals surface area contributed by atoms with Crippen LogP contribution in [-0.2, 0) is 14.3 Å². The quantitative estimate of drug-likeness (QED) is 0.675. The molecule has 0 spiro atoms. The molecule has 4 rings (SSSR count). The Balaban J connectivity index is 1.50. The molecule has 0 radical (unpaired) electrons. The van der Waals surface area contributed by atoms with E-state index in [0.29, 0.717) is 29.3 Å². The Morgan fingerprint density at radius 3 is 2.69 bits per heavy atom. The van der Waals surface area contributed by atoms with Gasteiger partial charge in [-0.05, 0) is 87.0 Å². The van der Waals surface area contributed by atoms with Gasteiger partial charge in [0.1, 0.15) is 6.61 Å². The third kappa shape index (κ3) is 2.88. The normalized spacial score (nSPS) is 41.5. The Morgan fingerprint density at radius 1 is 1.15 bits per heavy atom. The Morgan fingerprint density at radius 2 is 1.92 bits per heavy atom. The van der Waals surface area contributed by atoms with E-state index in [0.717, 1.165) is 31.6 Å². The molecule has 142 valence electrons. The molecule has 26 heavy (non-hydrogen) atoms. The molecule has 0 aromatic heterocycles. The number of ether oxygens (including phenoxy) is 1. The number of carbonyl (C=O) groups excluding carboxylic acids is 2. The zero-order chi connectivity index (χ0) is 18.5. The first-order chi connectivity index (χ1) is 12.4. The first-order valence-electron chi connectivity index (χ1n) is 10.4. The Hall–Kier alpha value is -1.38. The van der Waals surface area contributed by atoms with Gasteiger partial charge in [-0.25, -0.2) is 0 Å². The zero-order valence-corrected chi connectivity index (χ0v) is 16.3. The van der Waals surface area contributed by atoms with Crippen molar-refractivity contribution in [3.63, 3.8) is 0 Å². The molecule has 0 saturated heterocycles. The predicted molar refractivity (Wildman–Crippen MR) is 101 cm³/mol. The van der Waals surface area contributed by atoms with Crippen molar-refractivity contribution in [1.29, 1.82) is 0 Å². The molecule has 0 heterocycles. The second-order valence-corrected chi connectivity index (χ2v) is 9.41. The van der Waals surface area contributed by atoms with E-state index in [9.17, 15) is 9.59 Å². The molecule has 3 nitrogen and oxygen atoms in total. The predicted octanol–water partition coefficient (Wildman–Crippen LogP) is 4.86. The minimum Gasteiger partial charge on any atom is -0.491 e. The maximum absolute atomic E-state index is 12.7. The van der Waals surface area contributed by atoms with Gasteiger partial charge in [-0.3, -0.25) is 9.59 Å². The number of hydrogen-bond acceptors (Lipinski definition) is 3. The molecular formula is C23H32O3. The highest BCUT2D eigenvalue weighted by Crippen LogP contribution is 2.62. The van der Waals surface area contributed by atoms with Gasteiger partial charge < -0.3 is 4.74 Å². The summed E-state index contributed by atoms with van der Waals surface area (Å²) in [5, 5.41) is 0. The van der Waals surface area contributed by atoms with Crippen LogP contribution in [0.5, 0.6) is 0 Å². The molecule has 3 heteroatoms. The number of rotatable bonds is 4. The summed E-state index contributed by atoms with van der Waals surface area (Å²) in [7, 11) is 0. The van der Waals surface area contributed by atoms with Crippen LogP contribution in [0.3, 0.4) is 0 Å². The van der Waals surface area contributed by atoms with E-state index in [4.69, 9.17) is 4.74 Å².